The molecular formula is C12H8N2O3S. The van der Waals surface area contributed by atoms with Crippen LogP contribution in [0, 0.1) is 0 Å². The molecule has 0 atom stereocenters. The minimum Gasteiger partial charge on any atom is -0.478 e. The van der Waals surface area contributed by atoms with Crippen molar-refractivity contribution in [3.63, 3.8) is 0 Å². The molecule has 1 heterocycles. The average molecular weight is 260 g/mol. The molecule has 0 aliphatic heterocycles. The van der Waals surface area contributed by atoms with Crippen molar-refractivity contribution in [1.29, 1.82) is 0 Å². The van der Waals surface area contributed by atoms with Crippen LogP contribution in [0.4, 0.5) is 0 Å². The van der Waals surface area contributed by atoms with E-state index in [1.165, 1.54) is 24.5 Å². The highest BCUT2D eigenvalue weighted by Gasteiger charge is 2.13. The van der Waals surface area contributed by atoms with Gasteiger partial charge in [0.15, 0.2) is 0 Å². The van der Waals surface area contributed by atoms with Crippen LogP contribution in [-0.2, 0) is 0 Å². The van der Waals surface area contributed by atoms with Gasteiger partial charge in [0.1, 0.15) is 11.4 Å². The fraction of sp³-hybridized carbons (Fsp3) is 0. The van der Waals surface area contributed by atoms with E-state index in [1.807, 2.05) is 0 Å². The van der Waals surface area contributed by atoms with Crippen molar-refractivity contribution in [3.05, 3.63) is 47.9 Å². The van der Waals surface area contributed by atoms with E-state index in [-0.39, 0.29) is 11.3 Å². The second-order valence-corrected chi connectivity index (χ2v) is 3.85. The van der Waals surface area contributed by atoms with E-state index in [0.717, 1.165) is 0 Å². The molecule has 2 aromatic rings. The standard InChI is InChI=1S/C12H8N2O3S/c15-11(16)8-3-1-7(2-4-8)9-10(12(17)18)14-6-5-13-9/h1-6H,(H,15,16)(H,17,18). The summed E-state index contributed by atoms with van der Waals surface area (Å²) in [4.78, 5) is 30.0. The molecule has 2 rings (SSSR count). The molecular weight excluding hydrogens is 252 g/mol. The second kappa shape index (κ2) is 4.97. The fourth-order valence-corrected chi connectivity index (χ4v) is 1.64. The summed E-state index contributed by atoms with van der Waals surface area (Å²) in [7, 11) is 0. The van der Waals surface area contributed by atoms with Crippen molar-refractivity contribution in [2.75, 3.05) is 0 Å². The van der Waals surface area contributed by atoms with Crippen molar-refractivity contribution in [1.82, 2.24) is 9.97 Å². The number of carbonyl (C=O) groups is 2. The fourth-order valence-electron chi connectivity index (χ4n) is 1.48. The van der Waals surface area contributed by atoms with Gasteiger partial charge in [-0.3, -0.25) is 9.78 Å². The molecule has 0 bridgehead atoms. The maximum Gasteiger partial charge on any atom is 0.335 e. The van der Waals surface area contributed by atoms with Gasteiger partial charge in [-0.25, -0.2) is 9.78 Å². The first kappa shape index (κ1) is 12.3. The highest BCUT2D eigenvalue weighted by Crippen LogP contribution is 2.21. The van der Waals surface area contributed by atoms with Crippen LogP contribution < -0.4 is 0 Å². The zero-order valence-electron chi connectivity index (χ0n) is 9.07. The summed E-state index contributed by atoms with van der Waals surface area (Å²) >= 11 is 3.73. The summed E-state index contributed by atoms with van der Waals surface area (Å²) in [6, 6.07) is 6.04. The largest absolute Gasteiger partial charge is 0.478 e. The molecule has 0 aliphatic carbocycles. The van der Waals surface area contributed by atoms with Crippen LogP contribution in [0.25, 0.3) is 11.3 Å². The number of carboxylic acid groups (broad SMARTS) is 1. The van der Waals surface area contributed by atoms with Gasteiger partial charge in [-0.2, -0.15) is 0 Å². The Labute approximate surface area is 108 Å². The maximum atomic E-state index is 11.3. The summed E-state index contributed by atoms with van der Waals surface area (Å²) in [6.07, 6.45) is 2.86. The maximum absolute atomic E-state index is 11.3. The van der Waals surface area contributed by atoms with E-state index in [9.17, 15) is 9.59 Å². The molecule has 0 saturated carbocycles. The summed E-state index contributed by atoms with van der Waals surface area (Å²) in [5.74, 6) is -1.01. The molecule has 0 unspecified atom stereocenters. The van der Waals surface area contributed by atoms with Gasteiger partial charge in [-0.05, 0) is 12.1 Å². The second-order valence-electron chi connectivity index (χ2n) is 3.44. The Kier molecular flexibility index (Phi) is 3.38. The minimum absolute atomic E-state index is 0.143. The monoisotopic (exact) mass is 260 g/mol. The lowest BCUT2D eigenvalue weighted by molar-refractivity contribution is 0.0696. The van der Waals surface area contributed by atoms with Crippen molar-refractivity contribution < 1.29 is 14.7 Å². The number of thiol groups is 1. The quantitative estimate of drug-likeness (QED) is 0.824. The predicted molar refractivity (Wildman–Crippen MR) is 67.7 cm³/mol. The summed E-state index contributed by atoms with van der Waals surface area (Å²) in [5, 5.41) is 8.31. The van der Waals surface area contributed by atoms with Gasteiger partial charge < -0.3 is 5.11 Å². The van der Waals surface area contributed by atoms with E-state index in [1.54, 1.807) is 12.1 Å². The third kappa shape index (κ3) is 2.38. The van der Waals surface area contributed by atoms with Gasteiger partial charge >= 0.3 is 5.97 Å². The SMILES string of the molecule is O=C(O)c1ccc(-c2nccnc2C(=O)S)cc1. The molecule has 1 N–H and O–H groups in total. The van der Waals surface area contributed by atoms with Crippen molar-refractivity contribution in [3.8, 4) is 11.3 Å². The number of hydrogen-bond donors (Lipinski definition) is 2. The molecule has 0 aliphatic rings. The van der Waals surface area contributed by atoms with Crippen LogP contribution >= 0.6 is 12.6 Å². The number of carbonyl (C=O) groups excluding carboxylic acids is 1. The molecule has 0 saturated heterocycles. The Morgan fingerprint density at radius 2 is 1.67 bits per heavy atom. The van der Waals surface area contributed by atoms with E-state index in [2.05, 4.69) is 22.6 Å². The first-order valence-corrected chi connectivity index (χ1v) is 5.42. The van der Waals surface area contributed by atoms with E-state index in [0.29, 0.717) is 11.3 Å². The molecule has 0 amide bonds. The molecule has 0 fully saturated rings. The summed E-state index contributed by atoms with van der Waals surface area (Å²) in [5.41, 5.74) is 1.31. The molecule has 0 radical (unpaired) electrons. The smallest absolute Gasteiger partial charge is 0.335 e. The number of benzene rings is 1. The molecule has 90 valence electrons. The predicted octanol–water partition coefficient (Wildman–Crippen LogP) is 1.91. The zero-order chi connectivity index (χ0) is 13.1. The lowest BCUT2D eigenvalue weighted by Crippen LogP contribution is -2.01. The Bertz CT molecular complexity index is 611. The Morgan fingerprint density at radius 1 is 1.06 bits per heavy atom. The van der Waals surface area contributed by atoms with Crippen LogP contribution in [0.3, 0.4) is 0 Å². The first-order chi connectivity index (χ1) is 8.59. The van der Waals surface area contributed by atoms with E-state index in [4.69, 9.17) is 5.11 Å². The van der Waals surface area contributed by atoms with Crippen LogP contribution in [0.5, 0.6) is 0 Å². The number of nitrogens with zero attached hydrogens (tertiary/aromatic N) is 2. The van der Waals surface area contributed by atoms with Crippen LogP contribution in [-0.4, -0.2) is 26.2 Å². The molecule has 6 heteroatoms. The molecule has 1 aromatic carbocycles. The third-order valence-corrected chi connectivity index (χ3v) is 2.52. The molecule has 5 nitrogen and oxygen atoms in total. The zero-order valence-corrected chi connectivity index (χ0v) is 9.96. The van der Waals surface area contributed by atoms with Crippen molar-refractivity contribution in [2.24, 2.45) is 0 Å². The summed E-state index contributed by atoms with van der Waals surface area (Å²) < 4.78 is 0. The highest BCUT2D eigenvalue weighted by atomic mass is 32.1. The lowest BCUT2D eigenvalue weighted by atomic mass is 10.1. The highest BCUT2D eigenvalue weighted by molar-refractivity contribution is 7.97. The minimum atomic E-state index is -1.01. The summed E-state index contributed by atoms with van der Waals surface area (Å²) in [6.45, 7) is 0. The van der Waals surface area contributed by atoms with E-state index >= 15 is 0 Å². The van der Waals surface area contributed by atoms with Gasteiger partial charge in [-0.1, -0.05) is 24.8 Å². The van der Waals surface area contributed by atoms with Crippen LogP contribution in [0.1, 0.15) is 20.8 Å². The van der Waals surface area contributed by atoms with Gasteiger partial charge in [0, 0.05) is 18.0 Å². The molecule has 18 heavy (non-hydrogen) atoms. The van der Waals surface area contributed by atoms with Gasteiger partial charge in [0.05, 0.1) is 5.56 Å². The third-order valence-electron chi connectivity index (χ3n) is 2.31. The Morgan fingerprint density at radius 3 is 2.22 bits per heavy atom. The number of rotatable bonds is 3. The molecule has 0 spiro atoms. The number of aromatic carboxylic acids is 1. The van der Waals surface area contributed by atoms with Gasteiger partial charge in [0.2, 0.25) is 5.12 Å². The Hall–Kier alpha value is -2.21. The van der Waals surface area contributed by atoms with E-state index < -0.39 is 11.1 Å². The normalized spacial score (nSPS) is 10.1. The Balaban J connectivity index is 2.49. The number of aromatic nitrogens is 2. The van der Waals surface area contributed by atoms with Gasteiger partial charge in [-0.15, -0.1) is 0 Å². The van der Waals surface area contributed by atoms with Crippen molar-refractivity contribution in [2.45, 2.75) is 0 Å². The average Bonchev–Trinajstić information content (AvgIpc) is 2.39. The van der Waals surface area contributed by atoms with Crippen molar-refractivity contribution >= 4 is 23.7 Å². The van der Waals surface area contributed by atoms with Crippen LogP contribution in [0.2, 0.25) is 0 Å². The lowest BCUT2D eigenvalue weighted by Gasteiger charge is -2.04. The molecule has 1 aromatic heterocycles. The van der Waals surface area contributed by atoms with Crippen LogP contribution in [0.15, 0.2) is 36.7 Å². The number of hydrogen-bond acceptors (Lipinski definition) is 4. The topological polar surface area (TPSA) is 80.2 Å². The van der Waals surface area contributed by atoms with Gasteiger partial charge in [0.25, 0.3) is 0 Å². The first-order valence-electron chi connectivity index (χ1n) is 4.97. The number of carboxylic acids is 1.